The predicted molar refractivity (Wildman–Crippen MR) is 72.1 cm³/mol. The number of carbonyl (C=O) groups is 2. The number of amides is 1. The molecule has 2 heterocycles. The molecule has 0 aromatic carbocycles. The average Bonchev–Trinajstić information content (AvgIpc) is 2.36. The number of halogens is 3. The van der Waals surface area contributed by atoms with E-state index in [9.17, 15) is 14.7 Å². The van der Waals surface area contributed by atoms with Crippen molar-refractivity contribution in [3.05, 3.63) is 0 Å². The van der Waals surface area contributed by atoms with Crippen LogP contribution < -0.4 is 5.73 Å². The molecule has 6 nitrogen and oxygen atoms in total. The molecule has 0 aromatic heterocycles. The Hall–Kier alpha value is 0.0800. The summed E-state index contributed by atoms with van der Waals surface area (Å²) in [4.78, 5) is 24.8. The van der Waals surface area contributed by atoms with Crippen LogP contribution in [-0.2, 0) is 14.3 Å². The lowest BCUT2D eigenvalue weighted by Crippen LogP contribution is -2.75. The zero-order valence-electron chi connectivity index (χ0n) is 9.46. The molecule has 10 heteroatoms. The largest absolute Gasteiger partial charge is 0.426 e. The van der Waals surface area contributed by atoms with Gasteiger partial charge in [-0.15, -0.1) is 23.4 Å². The number of carbonyl (C=O) groups excluding carboxylic acids is 2. The van der Waals surface area contributed by atoms with Crippen molar-refractivity contribution in [2.24, 2.45) is 5.73 Å². The maximum absolute atomic E-state index is 12.0. The van der Waals surface area contributed by atoms with Gasteiger partial charge in [-0.05, 0) is 0 Å². The number of hydrogen-bond acceptors (Lipinski definition) is 6. The standard InChI is InChI=1S/C9H11Cl3N2O4S/c10-2-9(11,12)18-8(17)5-3(15)1-19-7-4(13)6(16)14(5)7/h3-5,7,15H,1-2,13H2/t3?,4-,5?,7-/m1/s1. The molecule has 0 aromatic rings. The molecular formula is C9H11Cl3N2O4S. The molecule has 0 bridgehead atoms. The van der Waals surface area contributed by atoms with Crippen LogP contribution in [0.5, 0.6) is 0 Å². The minimum absolute atomic E-state index is 0.264. The van der Waals surface area contributed by atoms with Crippen molar-refractivity contribution < 1.29 is 19.4 Å². The first-order valence-corrected chi connectivity index (χ1v) is 7.66. The monoisotopic (exact) mass is 348 g/mol. The van der Waals surface area contributed by atoms with E-state index in [-0.39, 0.29) is 17.0 Å². The third-order valence-electron chi connectivity index (χ3n) is 2.87. The highest BCUT2D eigenvalue weighted by atomic mass is 35.5. The number of aliphatic hydroxyl groups excluding tert-OH is 1. The van der Waals surface area contributed by atoms with Gasteiger partial charge in [0, 0.05) is 5.75 Å². The van der Waals surface area contributed by atoms with E-state index in [1.165, 1.54) is 16.7 Å². The number of ether oxygens (including phenoxy) is 1. The summed E-state index contributed by atoms with van der Waals surface area (Å²) in [6.07, 6.45) is -1.07. The molecule has 2 aliphatic heterocycles. The lowest BCUT2D eigenvalue weighted by Gasteiger charge is -2.52. The Kier molecular flexibility index (Phi) is 4.45. The van der Waals surface area contributed by atoms with Crippen LogP contribution in [0.1, 0.15) is 0 Å². The molecule has 19 heavy (non-hydrogen) atoms. The van der Waals surface area contributed by atoms with E-state index in [0.29, 0.717) is 0 Å². The molecule has 4 atom stereocenters. The predicted octanol–water partition coefficient (Wildman–Crippen LogP) is -0.128. The Bertz CT molecular complexity index is 411. The van der Waals surface area contributed by atoms with Crippen LogP contribution in [0.4, 0.5) is 0 Å². The van der Waals surface area contributed by atoms with Crippen molar-refractivity contribution in [1.82, 2.24) is 4.90 Å². The van der Waals surface area contributed by atoms with Gasteiger partial charge >= 0.3 is 5.97 Å². The number of nitrogens with zero attached hydrogens (tertiary/aromatic N) is 1. The van der Waals surface area contributed by atoms with Crippen LogP contribution in [0.2, 0.25) is 0 Å². The van der Waals surface area contributed by atoms with Crippen LogP contribution in [0.3, 0.4) is 0 Å². The Morgan fingerprint density at radius 1 is 1.63 bits per heavy atom. The summed E-state index contributed by atoms with van der Waals surface area (Å²) in [5.41, 5.74) is 5.62. The lowest BCUT2D eigenvalue weighted by molar-refractivity contribution is -0.171. The van der Waals surface area contributed by atoms with Gasteiger partial charge in [0.15, 0.2) is 6.04 Å². The van der Waals surface area contributed by atoms with E-state index in [4.69, 9.17) is 45.3 Å². The maximum atomic E-state index is 12.0. The lowest BCUT2D eigenvalue weighted by atomic mass is 10.0. The van der Waals surface area contributed by atoms with Crippen molar-refractivity contribution in [3.63, 3.8) is 0 Å². The fourth-order valence-electron chi connectivity index (χ4n) is 1.97. The second kappa shape index (κ2) is 5.46. The summed E-state index contributed by atoms with van der Waals surface area (Å²) in [5.74, 6) is -1.39. The molecule has 2 rings (SSSR count). The fourth-order valence-corrected chi connectivity index (χ4v) is 3.47. The van der Waals surface area contributed by atoms with Crippen molar-refractivity contribution in [3.8, 4) is 0 Å². The first-order chi connectivity index (χ1) is 8.78. The highest BCUT2D eigenvalue weighted by Gasteiger charge is 2.56. The summed E-state index contributed by atoms with van der Waals surface area (Å²) < 4.78 is 2.89. The van der Waals surface area contributed by atoms with Crippen LogP contribution >= 0.6 is 46.6 Å². The minimum atomic E-state index is -1.89. The zero-order valence-corrected chi connectivity index (χ0v) is 12.5. The molecule has 2 saturated heterocycles. The molecule has 0 saturated carbocycles. The minimum Gasteiger partial charge on any atom is -0.426 e. The van der Waals surface area contributed by atoms with Gasteiger partial charge in [-0.25, -0.2) is 4.79 Å². The normalized spacial score (nSPS) is 34.6. The van der Waals surface area contributed by atoms with Gasteiger partial charge in [-0.3, -0.25) is 4.79 Å². The molecule has 2 aliphatic rings. The number of rotatable bonds is 3. The molecule has 0 spiro atoms. The highest BCUT2D eigenvalue weighted by molar-refractivity contribution is 8.00. The zero-order chi connectivity index (χ0) is 14.4. The Labute approximate surface area is 128 Å². The first-order valence-electron chi connectivity index (χ1n) is 5.32. The number of nitrogens with two attached hydrogens (primary N) is 1. The number of esters is 1. The smallest absolute Gasteiger partial charge is 0.334 e. The van der Waals surface area contributed by atoms with E-state index < -0.39 is 34.6 Å². The third-order valence-corrected chi connectivity index (χ3v) is 5.34. The second-order valence-corrected chi connectivity index (χ2v) is 7.03. The van der Waals surface area contributed by atoms with Crippen LogP contribution in [-0.4, -0.2) is 61.6 Å². The summed E-state index contributed by atoms with van der Waals surface area (Å²) >= 11 is 18.0. The van der Waals surface area contributed by atoms with Crippen molar-refractivity contribution in [1.29, 1.82) is 0 Å². The number of aliphatic hydroxyl groups is 1. The first kappa shape index (κ1) is 15.5. The van der Waals surface area contributed by atoms with Crippen LogP contribution in [0, 0.1) is 0 Å². The number of alkyl halides is 3. The highest BCUT2D eigenvalue weighted by Crippen LogP contribution is 2.38. The maximum Gasteiger partial charge on any atom is 0.334 e. The van der Waals surface area contributed by atoms with E-state index >= 15 is 0 Å². The molecule has 2 unspecified atom stereocenters. The number of fused-ring (bicyclic) bond motifs is 1. The average molecular weight is 350 g/mol. The topological polar surface area (TPSA) is 92.9 Å². The number of thioether (sulfide) groups is 1. The summed E-state index contributed by atoms with van der Waals surface area (Å²) in [5, 5.41) is 9.52. The molecule has 2 fully saturated rings. The SMILES string of the molecule is N[C@@H]1C(=O)N2C(C(=O)OC(Cl)(Cl)CCl)C(O)CS[C@H]12. The Morgan fingerprint density at radius 3 is 2.84 bits per heavy atom. The number of β-lactam (4-membered cyclic amide) rings is 1. The van der Waals surface area contributed by atoms with Crippen molar-refractivity contribution in [2.45, 2.75) is 28.1 Å². The van der Waals surface area contributed by atoms with E-state index in [0.717, 1.165) is 0 Å². The number of hydrogen-bond donors (Lipinski definition) is 2. The van der Waals surface area contributed by atoms with Crippen LogP contribution in [0.25, 0.3) is 0 Å². The van der Waals surface area contributed by atoms with Gasteiger partial charge in [0.1, 0.15) is 11.4 Å². The molecule has 3 N–H and O–H groups in total. The molecule has 1 amide bonds. The van der Waals surface area contributed by atoms with Crippen molar-refractivity contribution in [2.75, 3.05) is 11.6 Å². The van der Waals surface area contributed by atoms with Gasteiger partial charge in [-0.1, -0.05) is 23.2 Å². The molecular weight excluding hydrogens is 339 g/mol. The Balaban J connectivity index is 2.12. The fraction of sp³-hybridized carbons (Fsp3) is 0.778. The molecule has 0 aliphatic carbocycles. The van der Waals surface area contributed by atoms with Gasteiger partial charge in [0.05, 0.1) is 12.0 Å². The molecule has 0 radical (unpaired) electrons. The van der Waals surface area contributed by atoms with E-state index in [2.05, 4.69) is 0 Å². The third kappa shape index (κ3) is 2.77. The van der Waals surface area contributed by atoms with E-state index in [1.807, 2.05) is 0 Å². The summed E-state index contributed by atoms with van der Waals surface area (Å²) in [6.45, 7) is 0. The summed E-state index contributed by atoms with van der Waals surface area (Å²) in [6, 6.07) is -1.82. The van der Waals surface area contributed by atoms with Gasteiger partial charge < -0.3 is 20.5 Å². The van der Waals surface area contributed by atoms with Crippen molar-refractivity contribution >= 4 is 58.4 Å². The van der Waals surface area contributed by atoms with E-state index in [1.54, 1.807) is 0 Å². The molecule has 108 valence electrons. The summed E-state index contributed by atoms with van der Waals surface area (Å²) in [7, 11) is 0. The van der Waals surface area contributed by atoms with Gasteiger partial charge in [0.2, 0.25) is 5.91 Å². The van der Waals surface area contributed by atoms with Gasteiger partial charge in [0.25, 0.3) is 4.52 Å². The van der Waals surface area contributed by atoms with Crippen LogP contribution in [0.15, 0.2) is 0 Å². The van der Waals surface area contributed by atoms with Gasteiger partial charge in [-0.2, -0.15) is 0 Å². The Morgan fingerprint density at radius 2 is 2.26 bits per heavy atom. The second-order valence-electron chi connectivity index (χ2n) is 4.20. The quantitative estimate of drug-likeness (QED) is 0.419.